The van der Waals surface area contributed by atoms with Gasteiger partial charge in [-0.05, 0) is 19.8 Å². The number of aromatic nitrogens is 2. The minimum absolute atomic E-state index is 0.0780. The molecule has 0 spiro atoms. The van der Waals surface area contributed by atoms with Gasteiger partial charge in [-0.3, -0.25) is 0 Å². The van der Waals surface area contributed by atoms with E-state index in [9.17, 15) is 0 Å². The standard InChI is InChI=1S/C8H13N3/c1-6-7(8(9)3-4-8)10-5-11(6)2/h5H,3-4,9H2,1-2H3. The maximum absolute atomic E-state index is 6.01. The number of aryl methyl sites for hydroxylation is 1. The zero-order valence-electron chi connectivity index (χ0n) is 6.96. The topological polar surface area (TPSA) is 43.8 Å². The Morgan fingerprint density at radius 1 is 1.64 bits per heavy atom. The van der Waals surface area contributed by atoms with Crippen LogP contribution in [0.1, 0.15) is 24.2 Å². The molecule has 2 N–H and O–H groups in total. The van der Waals surface area contributed by atoms with Gasteiger partial charge in [0.2, 0.25) is 0 Å². The third-order valence-electron chi connectivity index (χ3n) is 2.49. The first-order valence-electron chi connectivity index (χ1n) is 3.91. The molecule has 11 heavy (non-hydrogen) atoms. The van der Waals surface area contributed by atoms with Crippen LogP contribution in [-0.2, 0) is 12.6 Å². The second kappa shape index (κ2) is 1.85. The first kappa shape index (κ1) is 6.85. The molecule has 1 fully saturated rings. The van der Waals surface area contributed by atoms with E-state index in [-0.39, 0.29) is 5.54 Å². The van der Waals surface area contributed by atoms with Gasteiger partial charge in [0, 0.05) is 12.7 Å². The average molecular weight is 151 g/mol. The lowest BCUT2D eigenvalue weighted by atomic mass is 10.1. The largest absolute Gasteiger partial charge is 0.338 e. The van der Waals surface area contributed by atoms with E-state index in [4.69, 9.17) is 5.73 Å². The van der Waals surface area contributed by atoms with Crippen molar-refractivity contribution < 1.29 is 0 Å². The summed E-state index contributed by atoms with van der Waals surface area (Å²) >= 11 is 0. The molecule has 0 aliphatic heterocycles. The lowest BCUT2D eigenvalue weighted by Crippen LogP contribution is -2.20. The van der Waals surface area contributed by atoms with Gasteiger partial charge in [-0.1, -0.05) is 0 Å². The second-order valence-corrected chi connectivity index (χ2v) is 3.45. The van der Waals surface area contributed by atoms with Crippen LogP contribution in [0.4, 0.5) is 0 Å². The molecule has 1 aliphatic carbocycles. The Balaban J connectivity index is 2.45. The number of nitrogens with two attached hydrogens (primary N) is 1. The van der Waals surface area contributed by atoms with E-state index in [1.165, 1.54) is 5.69 Å². The fourth-order valence-corrected chi connectivity index (χ4v) is 1.35. The summed E-state index contributed by atoms with van der Waals surface area (Å²) in [5.41, 5.74) is 8.21. The quantitative estimate of drug-likeness (QED) is 0.641. The highest BCUT2D eigenvalue weighted by molar-refractivity contribution is 5.26. The fraction of sp³-hybridized carbons (Fsp3) is 0.625. The summed E-state index contributed by atoms with van der Waals surface area (Å²) in [6.45, 7) is 2.06. The summed E-state index contributed by atoms with van der Waals surface area (Å²) in [5.74, 6) is 0. The highest BCUT2D eigenvalue weighted by Crippen LogP contribution is 2.42. The molecule has 0 amide bonds. The van der Waals surface area contributed by atoms with E-state index in [0.717, 1.165) is 18.5 Å². The SMILES string of the molecule is Cc1c(C2(N)CC2)ncn1C. The summed E-state index contributed by atoms with van der Waals surface area (Å²) < 4.78 is 2.02. The molecule has 1 heterocycles. The maximum Gasteiger partial charge on any atom is 0.0949 e. The highest BCUT2D eigenvalue weighted by atomic mass is 15.1. The molecule has 0 bridgehead atoms. The van der Waals surface area contributed by atoms with E-state index in [1.54, 1.807) is 0 Å². The molecule has 3 nitrogen and oxygen atoms in total. The van der Waals surface area contributed by atoms with Gasteiger partial charge in [-0.25, -0.2) is 4.98 Å². The third-order valence-corrected chi connectivity index (χ3v) is 2.49. The summed E-state index contributed by atoms with van der Waals surface area (Å²) in [5, 5.41) is 0. The number of hydrogen-bond donors (Lipinski definition) is 1. The molecular weight excluding hydrogens is 138 g/mol. The van der Waals surface area contributed by atoms with Crippen LogP contribution < -0.4 is 5.73 Å². The van der Waals surface area contributed by atoms with E-state index < -0.39 is 0 Å². The molecule has 0 aromatic carbocycles. The zero-order chi connectivity index (χ0) is 8.06. The summed E-state index contributed by atoms with van der Waals surface area (Å²) in [7, 11) is 2.00. The first-order chi connectivity index (χ1) is 5.13. The second-order valence-electron chi connectivity index (χ2n) is 3.45. The summed E-state index contributed by atoms with van der Waals surface area (Å²) in [6, 6.07) is 0. The Morgan fingerprint density at radius 3 is 2.64 bits per heavy atom. The minimum Gasteiger partial charge on any atom is -0.338 e. The molecule has 0 unspecified atom stereocenters. The van der Waals surface area contributed by atoms with Crippen LogP contribution in [0.3, 0.4) is 0 Å². The smallest absolute Gasteiger partial charge is 0.0949 e. The molecule has 1 saturated carbocycles. The molecule has 1 aromatic rings. The first-order valence-corrected chi connectivity index (χ1v) is 3.91. The molecule has 1 aromatic heterocycles. The lowest BCUT2D eigenvalue weighted by molar-refractivity contribution is 0.702. The van der Waals surface area contributed by atoms with Crippen molar-refractivity contribution in [3.8, 4) is 0 Å². The normalized spacial score (nSPS) is 20.3. The maximum atomic E-state index is 6.01. The molecule has 0 radical (unpaired) electrons. The van der Waals surface area contributed by atoms with Gasteiger partial charge >= 0.3 is 0 Å². The monoisotopic (exact) mass is 151 g/mol. The van der Waals surface area contributed by atoms with Gasteiger partial charge in [0.15, 0.2) is 0 Å². The van der Waals surface area contributed by atoms with Crippen molar-refractivity contribution in [1.82, 2.24) is 9.55 Å². The molecule has 60 valence electrons. The molecule has 1 aliphatic rings. The number of imidazole rings is 1. The van der Waals surface area contributed by atoms with E-state index in [0.29, 0.717) is 0 Å². The summed E-state index contributed by atoms with van der Waals surface area (Å²) in [6.07, 6.45) is 4.01. The Hall–Kier alpha value is -0.830. The lowest BCUT2D eigenvalue weighted by Gasteiger charge is -2.05. The fourth-order valence-electron chi connectivity index (χ4n) is 1.35. The van der Waals surface area contributed by atoms with E-state index in [2.05, 4.69) is 11.9 Å². The number of rotatable bonds is 1. The van der Waals surface area contributed by atoms with Crippen molar-refractivity contribution in [3.63, 3.8) is 0 Å². The Labute approximate surface area is 66.2 Å². The molecule has 2 rings (SSSR count). The van der Waals surface area contributed by atoms with Crippen molar-refractivity contribution in [2.24, 2.45) is 12.8 Å². The molecule has 0 atom stereocenters. The Bertz CT molecular complexity index is 284. The van der Waals surface area contributed by atoms with E-state index in [1.807, 2.05) is 17.9 Å². The van der Waals surface area contributed by atoms with Gasteiger partial charge < -0.3 is 10.3 Å². The molecule has 0 saturated heterocycles. The predicted molar refractivity (Wildman–Crippen MR) is 43.0 cm³/mol. The van der Waals surface area contributed by atoms with Crippen molar-refractivity contribution in [2.45, 2.75) is 25.3 Å². The van der Waals surface area contributed by atoms with Crippen molar-refractivity contribution in [1.29, 1.82) is 0 Å². The van der Waals surface area contributed by atoms with Crippen molar-refractivity contribution in [3.05, 3.63) is 17.7 Å². The number of hydrogen-bond acceptors (Lipinski definition) is 2. The van der Waals surface area contributed by atoms with Crippen LogP contribution in [0.15, 0.2) is 6.33 Å². The van der Waals surface area contributed by atoms with Crippen LogP contribution >= 0.6 is 0 Å². The van der Waals surface area contributed by atoms with Crippen LogP contribution in [0.2, 0.25) is 0 Å². The minimum atomic E-state index is -0.0780. The van der Waals surface area contributed by atoms with Gasteiger partial charge in [-0.2, -0.15) is 0 Å². The molecule has 3 heteroatoms. The number of nitrogens with zero attached hydrogens (tertiary/aromatic N) is 2. The van der Waals surface area contributed by atoms with Crippen LogP contribution in [0.25, 0.3) is 0 Å². The summed E-state index contributed by atoms with van der Waals surface area (Å²) in [4.78, 5) is 4.29. The Kier molecular flexibility index (Phi) is 1.16. The van der Waals surface area contributed by atoms with Crippen molar-refractivity contribution in [2.75, 3.05) is 0 Å². The van der Waals surface area contributed by atoms with Crippen LogP contribution in [0, 0.1) is 6.92 Å². The van der Waals surface area contributed by atoms with Gasteiger partial charge in [-0.15, -0.1) is 0 Å². The van der Waals surface area contributed by atoms with Crippen LogP contribution in [-0.4, -0.2) is 9.55 Å². The Morgan fingerprint density at radius 2 is 2.27 bits per heavy atom. The predicted octanol–water partition coefficient (Wildman–Crippen LogP) is 0.676. The zero-order valence-corrected chi connectivity index (χ0v) is 6.96. The van der Waals surface area contributed by atoms with Crippen LogP contribution in [0.5, 0.6) is 0 Å². The van der Waals surface area contributed by atoms with Gasteiger partial charge in [0.25, 0.3) is 0 Å². The van der Waals surface area contributed by atoms with E-state index >= 15 is 0 Å². The third kappa shape index (κ3) is 0.878. The average Bonchev–Trinajstić information content (AvgIpc) is 2.60. The van der Waals surface area contributed by atoms with Crippen molar-refractivity contribution >= 4 is 0 Å². The molecular formula is C8H13N3. The van der Waals surface area contributed by atoms with Gasteiger partial charge in [0.1, 0.15) is 0 Å². The van der Waals surface area contributed by atoms with Gasteiger partial charge in [0.05, 0.1) is 17.6 Å². The highest BCUT2D eigenvalue weighted by Gasteiger charge is 2.43.